The molecule has 28 heavy (non-hydrogen) atoms. The second-order valence-corrected chi connectivity index (χ2v) is 7.06. The highest BCUT2D eigenvalue weighted by Crippen LogP contribution is 2.39. The molecule has 3 rings (SSSR count). The summed E-state index contributed by atoms with van der Waals surface area (Å²) in [6, 6.07) is 12.1. The number of benzene rings is 2. The van der Waals surface area contributed by atoms with Crippen LogP contribution in [0.1, 0.15) is 36.4 Å². The predicted molar refractivity (Wildman–Crippen MR) is 107 cm³/mol. The molecule has 146 valence electrons. The predicted octanol–water partition coefficient (Wildman–Crippen LogP) is 4.54. The average molecular weight is 421 g/mol. The smallest absolute Gasteiger partial charge is 0.303 e. The number of ether oxygens (including phenoxy) is 1. The van der Waals surface area contributed by atoms with E-state index < -0.39 is 12.0 Å². The number of hydrogen-bond donors (Lipinski definition) is 1. The molecule has 0 aliphatic carbocycles. The first-order valence-electron chi connectivity index (χ1n) is 8.60. The summed E-state index contributed by atoms with van der Waals surface area (Å²) < 4.78 is 5.17. The van der Waals surface area contributed by atoms with Crippen LogP contribution < -0.4 is 4.74 Å². The van der Waals surface area contributed by atoms with Crippen LogP contribution in [0, 0.1) is 0 Å². The topological polar surface area (TPSA) is 79.2 Å². The van der Waals surface area contributed by atoms with Crippen molar-refractivity contribution in [3.63, 3.8) is 0 Å². The number of carbonyl (C=O) groups is 2. The fourth-order valence-electron chi connectivity index (χ4n) is 3.05. The molecule has 8 heteroatoms. The van der Waals surface area contributed by atoms with Gasteiger partial charge in [0.15, 0.2) is 0 Å². The number of nitrogens with zero attached hydrogens (tertiary/aromatic N) is 2. The van der Waals surface area contributed by atoms with Gasteiger partial charge in [0.2, 0.25) is 5.91 Å². The Morgan fingerprint density at radius 1 is 1.18 bits per heavy atom. The van der Waals surface area contributed by atoms with Gasteiger partial charge in [0.1, 0.15) is 5.75 Å². The van der Waals surface area contributed by atoms with E-state index in [1.165, 1.54) is 5.01 Å². The minimum absolute atomic E-state index is 0.149. The van der Waals surface area contributed by atoms with Crippen LogP contribution in [0.5, 0.6) is 5.75 Å². The number of carbonyl (C=O) groups excluding carboxylic acids is 1. The Hall–Kier alpha value is -2.57. The second-order valence-electron chi connectivity index (χ2n) is 6.27. The highest BCUT2D eigenvalue weighted by molar-refractivity contribution is 6.42. The molecule has 6 nitrogen and oxygen atoms in total. The van der Waals surface area contributed by atoms with Gasteiger partial charge in [0, 0.05) is 12.8 Å². The van der Waals surface area contributed by atoms with E-state index in [0.29, 0.717) is 33.5 Å². The van der Waals surface area contributed by atoms with Gasteiger partial charge in [-0.15, -0.1) is 0 Å². The lowest BCUT2D eigenvalue weighted by molar-refractivity contribution is -0.141. The van der Waals surface area contributed by atoms with E-state index >= 15 is 0 Å². The summed E-state index contributed by atoms with van der Waals surface area (Å²) in [4.78, 5) is 23.5. The van der Waals surface area contributed by atoms with Crippen molar-refractivity contribution in [3.05, 3.63) is 63.6 Å². The number of amides is 1. The third-order valence-corrected chi connectivity index (χ3v) is 5.32. The molecule has 0 unspecified atom stereocenters. The summed E-state index contributed by atoms with van der Waals surface area (Å²) in [6.45, 7) is 0. The van der Waals surface area contributed by atoms with Crippen LogP contribution in [0.25, 0.3) is 0 Å². The number of carboxylic acids is 1. The minimum atomic E-state index is -1.04. The molecule has 0 fully saturated rings. The third kappa shape index (κ3) is 4.29. The Kier molecular flexibility index (Phi) is 6.21. The first-order valence-corrected chi connectivity index (χ1v) is 9.36. The van der Waals surface area contributed by atoms with Crippen LogP contribution in [0.2, 0.25) is 10.0 Å². The molecule has 0 saturated heterocycles. The summed E-state index contributed by atoms with van der Waals surface area (Å²) in [5, 5.41) is 15.4. The highest BCUT2D eigenvalue weighted by atomic mass is 35.5. The van der Waals surface area contributed by atoms with Gasteiger partial charge in [-0.2, -0.15) is 5.10 Å². The number of halogens is 2. The van der Waals surface area contributed by atoms with Crippen LogP contribution >= 0.6 is 23.2 Å². The molecule has 2 aromatic carbocycles. The van der Waals surface area contributed by atoms with Crippen LogP contribution in [-0.4, -0.2) is 34.8 Å². The quantitative estimate of drug-likeness (QED) is 0.743. The zero-order valence-corrected chi connectivity index (χ0v) is 16.6. The molecule has 2 aromatic rings. The Bertz CT molecular complexity index is 928. The number of rotatable bonds is 6. The molecular weight excluding hydrogens is 403 g/mol. The molecule has 1 aliphatic heterocycles. The first kappa shape index (κ1) is 20.2. The number of hydrogen-bond acceptors (Lipinski definition) is 4. The van der Waals surface area contributed by atoms with Crippen molar-refractivity contribution in [1.82, 2.24) is 5.01 Å². The summed E-state index contributed by atoms with van der Waals surface area (Å²) in [7, 11) is 1.59. The van der Waals surface area contributed by atoms with Gasteiger partial charge >= 0.3 is 5.97 Å². The molecule has 0 spiro atoms. The van der Waals surface area contributed by atoms with E-state index in [1.807, 2.05) is 24.3 Å². The fraction of sp³-hybridized carbons (Fsp3) is 0.250. The lowest BCUT2D eigenvalue weighted by atomic mass is 9.98. The second kappa shape index (κ2) is 8.63. The zero-order chi connectivity index (χ0) is 20.3. The molecule has 0 saturated carbocycles. The summed E-state index contributed by atoms with van der Waals surface area (Å²) >= 11 is 12.5. The standard InChI is InChI=1S/C20H18Cl2N2O4/c1-28-13-7-5-12(6-8-13)16-11-17(14-3-2-4-15(21)20(14)22)24(23-16)18(25)9-10-19(26)27/h2-8,17H,9-11H2,1H3,(H,26,27)/t17-/m0/s1. The Balaban J connectivity index is 1.95. The van der Waals surface area contributed by atoms with Crippen molar-refractivity contribution in [2.75, 3.05) is 7.11 Å². The summed E-state index contributed by atoms with van der Waals surface area (Å²) in [5.74, 6) is -0.706. The Labute approximate surface area is 172 Å². The first-order chi connectivity index (χ1) is 13.4. The van der Waals surface area contributed by atoms with Crippen LogP contribution in [0.3, 0.4) is 0 Å². The van der Waals surface area contributed by atoms with Gasteiger partial charge in [-0.25, -0.2) is 5.01 Å². The number of hydrazone groups is 1. The van der Waals surface area contributed by atoms with Gasteiger partial charge in [-0.3, -0.25) is 9.59 Å². The molecule has 1 atom stereocenters. The van der Waals surface area contributed by atoms with Crippen LogP contribution in [0.15, 0.2) is 47.6 Å². The van der Waals surface area contributed by atoms with E-state index in [0.717, 1.165) is 5.56 Å². The van der Waals surface area contributed by atoms with Crippen LogP contribution in [-0.2, 0) is 9.59 Å². The average Bonchev–Trinajstić information content (AvgIpc) is 3.13. The zero-order valence-electron chi connectivity index (χ0n) is 15.1. The lowest BCUT2D eigenvalue weighted by Crippen LogP contribution is -2.27. The monoisotopic (exact) mass is 420 g/mol. The molecule has 0 bridgehead atoms. The summed E-state index contributed by atoms with van der Waals surface area (Å²) in [6.07, 6.45) is 0.0212. The SMILES string of the molecule is COc1ccc(C2=NN(C(=O)CCC(=O)O)[C@H](c3cccc(Cl)c3Cl)C2)cc1. The van der Waals surface area contributed by atoms with Crippen molar-refractivity contribution in [2.45, 2.75) is 25.3 Å². The molecular formula is C20H18Cl2N2O4. The number of carboxylic acid groups (broad SMARTS) is 1. The van der Waals surface area contributed by atoms with Crippen molar-refractivity contribution < 1.29 is 19.4 Å². The maximum absolute atomic E-state index is 12.7. The van der Waals surface area contributed by atoms with E-state index in [9.17, 15) is 9.59 Å². The highest BCUT2D eigenvalue weighted by Gasteiger charge is 2.34. The van der Waals surface area contributed by atoms with Crippen molar-refractivity contribution >= 4 is 40.8 Å². The maximum atomic E-state index is 12.7. The normalized spacial score (nSPS) is 16.0. The molecule has 0 radical (unpaired) electrons. The van der Waals surface area contributed by atoms with Crippen molar-refractivity contribution in [2.24, 2.45) is 5.10 Å². The molecule has 1 aliphatic rings. The van der Waals surface area contributed by atoms with Gasteiger partial charge in [-0.1, -0.05) is 35.3 Å². The van der Waals surface area contributed by atoms with E-state index in [1.54, 1.807) is 25.3 Å². The van der Waals surface area contributed by atoms with Crippen molar-refractivity contribution in [1.29, 1.82) is 0 Å². The maximum Gasteiger partial charge on any atom is 0.303 e. The molecule has 0 aromatic heterocycles. The van der Waals surface area contributed by atoms with Crippen LogP contribution in [0.4, 0.5) is 0 Å². The largest absolute Gasteiger partial charge is 0.497 e. The van der Waals surface area contributed by atoms with E-state index in [-0.39, 0.29) is 18.7 Å². The molecule has 1 heterocycles. The Morgan fingerprint density at radius 3 is 2.54 bits per heavy atom. The van der Waals surface area contributed by atoms with E-state index in [2.05, 4.69) is 5.10 Å². The lowest BCUT2D eigenvalue weighted by Gasteiger charge is -2.23. The number of methoxy groups -OCH3 is 1. The summed E-state index contributed by atoms with van der Waals surface area (Å²) in [5.41, 5.74) is 2.22. The molecule has 1 N–H and O–H groups in total. The van der Waals surface area contributed by atoms with Crippen molar-refractivity contribution in [3.8, 4) is 5.75 Å². The molecule has 1 amide bonds. The van der Waals surface area contributed by atoms with E-state index in [4.69, 9.17) is 33.0 Å². The van der Waals surface area contributed by atoms with Gasteiger partial charge < -0.3 is 9.84 Å². The fourth-order valence-corrected chi connectivity index (χ4v) is 3.48. The minimum Gasteiger partial charge on any atom is -0.497 e. The Morgan fingerprint density at radius 2 is 1.89 bits per heavy atom. The van der Waals surface area contributed by atoms with Gasteiger partial charge in [0.05, 0.1) is 35.3 Å². The van der Waals surface area contributed by atoms with Gasteiger partial charge in [0.25, 0.3) is 0 Å². The van der Waals surface area contributed by atoms with Gasteiger partial charge in [-0.05, 0) is 41.5 Å². The third-order valence-electron chi connectivity index (χ3n) is 4.48. The number of aliphatic carboxylic acids is 1.